The minimum Gasteiger partial charge on any atom is -0.377 e. The highest BCUT2D eigenvalue weighted by Crippen LogP contribution is 2.25. The molecule has 0 N–H and O–H groups in total. The molecule has 7 nitrogen and oxygen atoms in total. The maximum Gasteiger partial charge on any atom is 0.254 e. The first kappa shape index (κ1) is 16.7. The molecule has 26 heavy (non-hydrogen) atoms. The lowest BCUT2D eigenvalue weighted by atomic mass is 10.1. The number of rotatable bonds is 4. The lowest BCUT2D eigenvalue weighted by molar-refractivity contribution is -0.00576. The molecular weight excluding hydrogens is 334 g/mol. The van der Waals surface area contributed by atoms with Crippen molar-refractivity contribution in [1.82, 2.24) is 15.0 Å². The third-order valence-electron chi connectivity index (χ3n) is 4.44. The molecular formula is C19H19N3O4. The summed E-state index contributed by atoms with van der Waals surface area (Å²) < 4.78 is 15.7. The summed E-state index contributed by atoms with van der Waals surface area (Å²) in [5.74, 6) is 0.749. The summed E-state index contributed by atoms with van der Waals surface area (Å²) in [6.07, 6.45) is 0. The van der Waals surface area contributed by atoms with Crippen molar-refractivity contribution in [3.63, 3.8) is 0 Å². The van der Waals surface area contributed by atoms with Crippen molar-refractivity contribution in [2.45, 2.75) is 12.6 Å². The van der Waals surface area contributed by atoms with Gasteiger partial charge in [0, 0.05) is 19.2 Å². The third-order valence-corrected chi connectivity index (χ3v) is 4.44. The van der Waals surface area contributed by atoms with Crippen LogP contribution in [0, 0.1) is 0 Å². The van der Waals surface area contributed by atoms with Crippen LogP contribution in [0.5, 0.6) is 0 Å². The number of aromatic nitrogens is 2. The standard InChI is InChI=1S/C19H19N3O4/c1-24-12-17-20-18(21-26-17)16-11-25-9-8-22(16)19(23)15-7-6-13-4-2-3-5-14(13)10-15/h2-7,10,16H,8-9,11-12H2,1H3/t16-/m1/s1. The van der Waals surface area contributed by atoms with Crippen molar-refractivity contribution in [3.05, 3.63) is 59.7 Å². The molecule has 2 heterocycles. The van der Waals surface area contributed by atoms with Gasteiger partial charge in [-0.15, -0.1) is 0 Å². The van der Waals surface area contributed by atoms with Gasteiger partial charge in [0.25, 0.3) is 11.8 Å². The smallest absolute Gasteiger partial charge is 0.254 e. The van der Waals surface area contributed by atoms with Crippen LogP contribution in [0.15, 0.2) is 47.0 Å². The molecule has 0 unspecified atom stereocenters. The van der Waals surface area contributed by atoms with Crippen LogP contribution in [0.2, 0.25) is 0 Å². The molecule has 1 saturated heterocycles. The van der Waals surface area contributed by atoms with Crippen LogP contribution in [0.4, 0.5) is 0 Å². The zero-order chi connectivity index (χ0) is 17.9. The van der Waals surface area contributed by atoms with Crippen LogP contribution in [-0.2, 0) is 16.1 Å². The van der Waals surface area contributed by atoms with E-state index in [2.05, 4.69) is 10.1 Å². The number of ether oxygens (including phenoxy) is 2. The van der Waals surface area contributed by atoms with Gasteiger partial charge in [-0.2, -0.15) is 4.98 Å². The number of benzene rings is 2. The SMILES string of the molecule is COCc1nc([C@H]2COCCN2C(=O)c2ccc3ccccc3c2)no1. The zero-order valence-corrected chi connectivity index (χ0v) is 14.4. The van der Waals surface area contributed by atoms with Gasteiger partial charge >= 0.3 is 0 Å². The number of fused-ring (bicyclic) bond motifs is 1. The quantitative estimate of drug-likeness (QED) is 0.717. The predicted octanol–water partition coefficient (Wildman–Crippen LogP) is 2.58. The topological polar surface area (TPSA) is 77.7 Å². The maximum atomic E-state index is 13.1. The fraction of sp³-hybridized carbons (Fsp3) is 0.316. The van der Waals surface area contributed by atoms with Gasteiger partial charge in [-0.3, -0.25) is 4.79 Å². The number of carbonyl (C=O) groups excluding carboxylic acids is 1. The molecule has 1 fully saturated rings. The van der Waals surface area contributed by atoms with Crippen LogP contribution >= 0.6 is 0 Å². The number of methoxy groups -OCH3 is 1. The summed E-state index contributed by atoms with van der Waals surface area (Å²) in [7, 11) is 1.56. The highest BCUT2D eigenvalue weighted by Gasteiger charge is 2.32. The van der Waals surface area contributed by atoms with Crippen molar-refractivity contribution in [3.8, 4) is 0 Å². The molecule has 0 saturated carbocycles. The number of carbonyl (C=O) groups is 1. The Bertz CT molecular complexity index is 924. The molecule has 4 rings (SSSR count). The number of hydrogen-bond acceptors (Lipinski definition) is 6. The summed E-state index contributed by atoms with van der Waals surface area (Å²) in [5.41, 5.74) is 0.635. The van der Waals surface area contributed by atoms with Crippen molar-refractivity contribution < 1.29 is 18.8 Å². The van der Waals surface area contributed by atoms with Crippen LogP contribution < -0.4 is 0 Å². The Labute approximate surface area is 150 Å². The van der Waals surface area contributed by atoms with Crippen molar-refractivity contribution in [2.24, 2.45) is 0 Å². The van der Waals surface area contributed by atoms with Gasteiger partial charge in [0.15, 0.2) is 5.82 Å². The molecule has 1 atom stereocenters. The Hall–Kier alpha value is -2.77. The molecule has 2 aromatic carbocycles. The molecule has 7 heteroatoms. The molecule has 0 spiro atoms. The first-order valence-electron chi connectivity index (χ1n) is 8.45. The maximum absolute atomic E-state index is 13.1. The summed E-state index contributed by atoms with van der Waals surface area (Å²) in [6.45, 7) is 1.54. The normalized spacial score (nSPS) is 17.6. The summed E-state index contributed by atoms with van der Waals surface area (Å²) >= 11 is 0. The number of morpholine rings is 1. The van der Waals surface area contributed by atoms with Crippen LogP contribution in [0.25, 0.3) is 10.8 Å². The van der Waals surface area contributed by atoms with Crippen molar-refractivity contribution in [2.75, 3.05) is 26.9 Å². The molecule has 1 aliphatic rings. The van der Waals surface area contributed by atoms with Gasteiger partial charge < -0.3 is 18.9 Å². The van der Waals surface area contributed by atoms with Crippen LogP contribution in [-0.4, -0.2) is 47.8 Å². The number of amides is 1. The van der Waals surface area contributed by atoms with Gasteiger partial charge in [-0.1, -0.05) is 35.5 Å². The molecule has 3 aromatic rings. The third kappa shape index (κ3) is 3.18. The molecule has 0 aliphatic carbocycles. The van der Waals surface area contributed by atoms with E-state index in [-0.39, 0.29) is 18.6 Å². The molecule has 0 radical (unpaired) electrons. The van der Waals surface area contributed by atoms with Gasteiger partial charge in [0.2, 0.25) is 0 Å². The van der Waals surface area contributed by atoms with Crippen molar-refractivity contribution >= 4 is 16.7 Å². The molecule has 0 bridgehead atoms. The Morgan fingerprint density at radius 3 is 2.96 bits per heavy atom. The second-order valence-electron chi connectivity index (χ2n) is 6.13. The fourth-order valence-corrected chi connectivity index (χ4v) is 3.13. The van der Waals surface area contributed by atoms with E-state index < -0.39 is 0 Å². The Balaban J connectivity index is 1.62. The van der Waals surface area contributed by atoms with E-state index in [9.17, 15) is 4.79 Å². The Morgan fingerprint density at radius 1 is 1.27 bits per heavy atom. The monoisotopic (exact) mass is 353 g/mol. The second-order valence-corrected chi connectivity index (χ2v) is 6.13. The van der Waals surface area contributed by atoms with Gasteiger partial charge in [-0.25, -0.2) is 0 Å². The van der Waals surface area contributed by atoms with E-state index in [0.29, 0.717) is 37.0 Å². The average molecular weight is 353 g/mol. The largest absolute Gasteiger partial charge is 0.377 e. The van der Waals surface area contributed by atoms with Gasteiger partial charge in [-0.05, 0) is 22.9 Å². The minimum absolute atomic E-state index is 0.0675. The summed E-state index contributed by atoms with van der Waals surface area (Å²) in [5, 5.41) is 6.13. The van der Waals surface area contributed by atoms with E-state index in [0.717, 1.165) is 10.8 Å². The van der Waals surface area contributed by atoms with Crippen molar-refractivity contribution in [1.29, 1.82) is 0 Å². The minimum atomic E-state index is -0.378. The summed E-state index contributed by atoms with van der Waals surface area (Å²) in [6, 6.07) is 13.3. The van der Waals surface area contributed by atoms with Crippen LogP contribution in [0.1, 0.15) is 28.1 Å². The first-order valence-corrected chi connectivity index (χ1v) is 8.45. The Kier molecular flexibility index (Phi) is 4.64. The highest BCUT2D eigenvalue weighted by atomic mass is 16.5. The lowest BCUT2D eigenvalue weighted by Crippen LogP contribution is -2.43. The lowest BCUT2D eigenvalue weighted by Gasteiger charge is -2.33. The fourth-order valence-electron chi connectivity index (χ4n) is 3.13. The van der Waals surface area contributed by atoms with E-state index in [1.165, 1.54) is 0 Å². The highest BCUT2D eigenvalue weighted by molar-refractivity contribution is 5.98. The van der Waals surface area contributed by atoms with Crippen LogP contribution in [0.3, 0.4) is 0 Å². The van der Waals surface area contributed by atoms with Gasteiger partial charge in [0.05, 0.1) is 13.2 Å². The second kappa shape index (κ2) is 7.23. The number of nitrogens with zero attached hydrogens (tertiary/aromatic N) is 3. The predicted molar refractivity (Wildman–Crippen MR) is 93.6 cm³/mol. The first-order chi connectivity index (χ1) is 12.8. The van der Waals surface area contributed by atoms with E-state index in [1.54, 1.807) is 12.0 Å². The average Bonchev–Trinajstić information content (AvgIpc) is 3.16. The van der Waals surface area contributed by atoms with E-state index >= 15 is 0 Å². The van der Waals surface area contributed by atoms with E-state index in [4.69, 9.17) is 14.0 Å². The molecule has 134 valence electrons. The molecule has 1 aliphatic heterocycles. The van der Waals surface area contributed by atoms with Gasteiger partial charge in [0.1, 0.15) is 12.6 Å². The van der Waals surface area contributed by atoms with E-state index in [1.807, 2.05) is 42.5 Å². The zero-order valence-electron chi connectivity index (χ0n) is 14.4. The summed E-state index contributed by atoms with van der Waals surface area (Å²) in [4.78, 5) is 19.2. The molecule has 1 aromatic heterocycles. The molecule has 1 amide bonds. The number of hydrogen-bond donors (Lipinski definition) is 0. The Morgan fingerprint density at radius 2 is 2.12 bits per heavy atom.